The maximum absolute atomic E-state index is 12.7. The number of rotatable bonds is 8. The number of aliphatic hydroxyl groups is 1. The lowest BCUT2D eigenvalue weighted by molar-refractivity contribution is -0.143. The molecule has 5 nitrogen and oxygen atoms in total. The van der Waals surface area contributed by atoms with E-state index in [1.54, 1.807) is 45.0 Å². The smallest absolute Gasteiger partial charge is 0.306 e. The van der Waals surface area contributed by atoms with Crippen molar-refractivity contribution in [3.63, 3.8) is 0 Å². The van der Waals surface area contributed by atoms with Crippen LogP contribution in [0, 0.1) is 0 Å². The van der Waals surface area contributed by atoms with Crippen molar-refractivity contribution in [3.8, 4) is 0 Å². The maximum Gasteiger partial charge on any atom is 0.306 e. The van der Waals surface area contributed by atoms with E-state index in [4.69, 9.17) is 9.47 Å². The Morgan fingerprint density at radius 3 is 2.26 bits per heavy atom. The summed E-state index contributed by atoms with van der Waals surface area (Å²) in [6.07, 6.45) is 0.108. The molecule has 0 aromatic heterocycles. The van der Waals surface area contributed by atoms with E-state index in [-0.39, 0.29) is 36.6 Å². The Labute approximate surface area is 136 Å². The summed E-state index contributed by atoms with van der Waals surface area (Å²) in [6, 6.07) is 8.75. The number of benzene rings is 1. The van der Waals surface area contributed by atoms with Gasteiger partial charge in [-0.2, -0.15) is 0 Å². The van der Waals surface area contributed by atoms with Crippen molar-refractivity contribution in [2.45, 2.75) is 39.2 Å². The molecule has 0 aliphatic carbocycles. The van der Waals surface area contributed by atoms with Gasteiger partial charge in [0.25, 0.3) is 0 Å². The van der Waals surface area contributed by atoms with E-state index in [0.717, 1.165) is 0 Å². The fourth-order valence-corrected chi connectivity index (χ4v) is 2.03. The van der Waals surface area contributed by atoms with Gasteiger partial charge in [0, 0.05) is 24.7 Å². The molecule has 0 aliphatic heterocycles. The topological polar surface area (TPSA) is 72.8 Å². The van der Waals surface area contributed by atoms with Gasteiger partial charge in [0.05, 0.1) is 6.61 Å². The summed E-state index contributed by atoms with van der Waals surface area (Å²) in [6.45, 7) is 5.24. The minimum atomic E-state index is -1.09. The van der Waals surface area contributed by atoms with Crippen LogP contribution in [0.4, 0.5) is 0 Å². The number of aliphatic hydroxyl groups excluding tert-OH is 1. The average Bonchev–Trinajstić information content (AvgIpc) is 2.55. The molecule has 0 amide bonds. The average molecular weight is 320 g/mol. The van der Waals surface area contributed by atoms with Gasteiger partial charge in [-0.15, -0.1) is 0 Å². The van der Waals surface area contributed by atoms with Gasteiger partial charge in [0.1, 0.15) is 11.4 Å². The monoisotopic (exact) mass is 320 g/mol. The molecule has 0 heterocycles. The van der Waals surface area contributed by atoms with Gasteiger partial charge in [0.2, 0.25) is 0 Å². The van der Waals surface area contributed by atoms with E-state index in [0.29, 0.717) is 5.56 Å². The molecule has 1 N–H and O–H groups in total. The zero-order valence-corrected chi connectivity index (χ0v) is 14.1. The molecule has 23 heavy (non-hydrogen) atoms. The van der Waals surface area contributed by atoms with Gasteiger partial charge < -0.3 is 14.6 Å². The van der Waals surface area contributed by atoms with Crippen molar-refractivity contribution in [2.24, 2.45) is 0 Å². The molecule has 1 aromatic rings. The number of carbonyl (C=O) groups excluding carboxylic acids is 2. The second-order valence-electron chi connectivity index (χ2n) is 5.54. The number of ketones is 1. The van der Waals surface area contributed by atoms with Crippen LogP contribution in [0.25, 0.3) is 5.76 Å². The van der Waals surface area contributed by atoms with Crippen molar-refractivity contribution in [2.75, 3.05) is 13.7 Å². The van der Waals surface area contributed by atoms with Crippen LogP contribution >= 0.6 is 0 Å². The van der Waals surface area contributed by atoms with E-state index in [1.165, 1.54) is 7.11 Å². The highest BCUT2D eigenvalue weighted by molar-refractivity contribution is 6.06. The van der Waals surface area contributed by atoms with Crippen LogP contribution in [0.1, 0.15) is 39.2 Å². The van der Waals surface area contributed by atoms with Crippen molar-refractivity contribution in [1.82, 2.24) is 0 Å². The van der Waals surface area contributed by atoms with E-state index in [2.05, 4.69) is 0 Å². The molecular formula is C18H24O5. The predicted octanol–water partition coefficient (Wildman–Crippen LogP) is 3.29. The highest BCUT2D eigenvalue weighted by Crippen LogP contribution is 2.26. The Morgan fingerprint density at radius 1 is 1.13 bits per heavy atom. The van der Waals surface area contributed by atoms with Gasteiger partial charge in [-0.25, -0.2) is 0 Å². The van der Waals surface area contributed by atoms with E-state index in [1.807, 2.05) is 6.07 Å². The van der Waals surface area contributed by atoms with Crippen LogP contribution < -0.4 is 0 Å². The van der Waals surface area contributed by atoms with Crippen molar-refractivity contribution in [3.05, 3.63) is 41.5 Å². The number of hydrogen-bond acceptors (Lipinski definition) is 5. The Bertz CT molecular complexity index is 572. The molecule has 0 bridgehead atoms. The predicted molar refractivity (Wildman–Crippen MR) is 88.0 cm³/mol. The third-order valence-electron chi connectivity index (χ3n) is 3.55. The lowest BCUT2D eigenvalue weighted by atomic mass is 9.91. The second kappa shape index (κ2) is 8.48. The van der Waals surface area contributed by atoms with Crippen LogP contribution in [-0.4, -0.2) is 36.2 Å². The maximum atomic E-state index is 12.7. The number of esters is 1. The van der Waals surface area contributed by atoms with Gasteiger partial charge >= 0.3 is 5.97 Å². The molecule has 0 radical (unpaired) electrons. The van der Waals surface area contributed by atoms with E-state index < -0.39 is 11.6 Å². The molecule has 5 heteroatoms. The van der Waals surface area contributed by atoms with Gasteiger partial charge in [-0.05, 0) is 27.2 Å². The lowest BCUT2D eigenvalue weighted by Gasteiger charge is -2.23. The highest BCUT2D eigenvalue weighted by Gasteiger charge is 2.32. The van der Waals surface area contributed by atoms with Gasteiger partial charge in [0.15, 0.2) is 5.78 Å². The summed E-state index contributed by atoms with van der Waals surface area (Å²) in [4.78, 5) is 24.3. The van der Waals surface area contributed by atoms with E-state index in [9.17, 15) is 14.7 Å². The highest BCUT2D eigenvalue weighted by atomic mass is 16.5. The molecule has 0 saturated carbocycles. The first-order valence-electron chi connectivity index (χ1n) is 7.56. The molecule has 0 atom stereocenters. The Kier molecular flexibility index (Phi) is 6.97. The van der Waals surface area contributed by atoms with Gasteiger partial charge in [-0.3, -0.25) is 9.59 Å². The second-order valence-corrected chi connectivity index (χ2v) is 5.54. The molecule has 126 valence electrons. The number of Topliss-reactive ketones (excluding diaryl/α,β-unsaturated/α-hetero) is 1. The normalized spacial score (nSPS) is 12.5. The largest absolute Gasteiger partial charge is 0.507 e. The van der Waals surface area contributed by atoms with Crippen molar-refractivity contribution in [1.29, 1.82) is 0 Å². The van der Waals surface area contributed by atoms with Crippen LogP contribution in [0.5, 0.6) is 0 Å². The van der Waals surface area contributed by atoms with Crippen molar-refractivity contribution >= 4 is 17.5 Å². The summed E-state index contributed by atoms with van der Waals surface area (Å²) in [5.74, 6) is -0.899. The minimum absolute atomic E-state index is 0.0194. The third kappa shape index (κ3) is 5.21. The lowest BCUT2D eigenvalue weighted by Crippen LogP contribution is -2.35. The number of carbonyl (C=O) groups is 2. The SMILES string of the molecule is CCOC(=O)CCC(C(=O)C(C)(C)OC)=C(O)c1ccccc1. The summed E-state index contributed by atoms with van der Waals surface area (Å²) in [5, 5.41) is 10.5. The fraction of sp³-hybridized carbons (Fsp3) is 0.444. The summed E-state index contributed by atoms with van der Waals surface area (Å²) in [5.41, 5.74) is -0.407. The number of hydrogen-bond donors (Lipinski definition) is 1. The van der Waals surface area contributed by atoms with Crippen LogP contribution in [0.15, 0.2) is 35.9 Å². The van der Waals surface area contributed by atoms with Gasteiger partial charge in [-0.1, -0.05) is 30.3 Å². The standard InChI is InChI=1S/C18H24O5/c1-5-23-15(19)12-11-14(17(21)18(2,3)22-4)16(20)13-9-7-6-8-10-13/h6-10,20H,5,11-12H2,1-4H3. The summed E-state index contributed by atoms with van der Waals surface area (Å²) in [7, 11) is 1.43. The molecule has 0 unspecified atom stereocenters. The van der Waals surface area contributed by atoms with Crippen molar-refractivity contribution < 1.29 is 24.2 Å². The minimum Gasteiger partial charge on any atom is -0.507 e. The Morgan fingerprint density at radius 2 is 1.74 bits per heavy atom. The third-order valence-corrected chi connectivity index (χ3v) is 3.55. The molecule has 0 saturated heterocycles. The number of methoxy groups -OCH3 is 1. The fourth-order valence-electron chi connectivity index (χ4n) is 2.03. The molecular weight excluding hydrogens is 296 g/mol. The molecule has 0 fully saturated rings. The first kappa shape index (κ1) is 18.9. The quantitative estimate of drug-likeness (QED) is 0.452. The van der Waals surface area contributed by atoms with Crippen LogP contribution in [0.3, 0.4) is 0 Å². The molecule has 0 aliphatic rings. The zero-order chi connectivity index (χ0) is 17.5. The molecule has 1 aromatic carbocycles. The van der Waals surface area contributed by atoms with Crippen LogP contribution in [0.2, 0.25) is 0 Å². The number of ether oxygens (including phenoxy) is 2. The zero-order valence-electron chi connectivity index (χ0n) is 14.1. The summed E-state index contributed by atoms with van der Waals surface area (Å²) >= 11 is 0. The van der Waals surface area contributed by atoms with E-state index >= 15 is 0 Å². The first-order chi connectivity index (χ1) is 10.8. The first-order valence-corrected chi connectivity index (χ1v) is 7.56. The Hall–Kier alpha value is -2.14. The molecule has 1 rings (SSSR count). The summed E-state index contributed by atoms with van der Waals surface area (Å²) < 4.78 is 10.1. The van der Waals surface area contributed by atoms with Crippen LogP contribution in [-0.2, 0) is 19.1 Å². The Balaban J connectivity index is 3.16. The molecule has 0 spiro atoms.